The van der Waals surface area contributed by atoms with E-state index < -0.39 is 0 Å². The Morgan fingerprint density at radius 2 is 2.19 bits per heavy atom. The first-order valence-corrected chi connectivity index (χ1v) is 7.57. The molecule has 3 N–H and O–H groups in total. The molecule has 0 aliphatic carbocycles. The van der Waals surface area contributed by atoms with Crippen molar-refractivity contribution < 1.29 is 14.3 Å². The molecule has 6 heteroatoms. The number of benzene rings is 1. The van der Waals surface area contributed by atoms with Crippen LogP contribution in [0.5, 0.6) is 0 Å². The number of nitrogen functional groups attached to an aromatic ring is 1. The predicted molar refractivity (Wildman–Crippen MR) is 83.5 cm³/mol. The van der Waals surface area contributed by atoms with E-state index in [1.165, 1.54) is 0 Å². The Morgan fingerprint density at radius 3 is 2.90 bits per heavy atom. The van der Waals surface area contributed by atoms with Crippen molar-refractivity contribution in [1.82, 2.24) is 0 Å². The van der Waals surface area contributed by atoms with Gasteiger partial charge in [-0.3, -0.25) is 4.79 Å². The summed E-state index contributed by atoms with van der Waals surface area (Å²) in [6.45, 7) is 2.12. The molecule has 1 aliphatic rings. The standard InChI is InChI=1S/C15H21ClN2O3/c16-13-10-11(17)3-4-14(13)18-15(19)2-1-7-21-12-5-8-20-9-6-12/h3-4,10,12H,1-2,5-9,17H2,(H,18,19). The van der Waals surface area contributed by atoms with Crippen LogP contribution in [-0.4, -0.2) is 31.8 Å². The number of carbonyl (C=O) groups excluding carboxylic acids is 1. The molecule has 5 nitrogen and oxygen atoms in total. The minimum absolute atomic E-state index is 0.0720. The van der Waals surface area contributed by atoms with Crippen molar-refractivity contribution in [3.63, 3.8) is 0 Å². The van der Waals surface area contributed by atoms with Gasteiger partial charge in [0.25, 0.3) is 0 Å². The highest BCUT2D eigenvalue weighted by atomic mass is 35.5. The maximum absolute atomic E-state index is 11.8. The van der Waals surface area contributed by atoms with Gasteiger partial charge in [-0.1, -0.05) is 11.6 Å². The quantitative estimate of drug-likeness (QED) is 0.626. The molecule has 1 amide bonds. The van der Waals surface area contributed by atoms with Crippen molar-refractivity contribution in [1.29, 1.82) is 0 Å². The molecular weight excluding hydrogens is 292 g/mol. The molecular formula is C15H21ClN2O3. The maximum atomic E-state index is 11.8. The third kappa shape index (κ3) is 5.53. The van der Waals surface area contributed by atoms with Crippen molar-refractivity contribution >= 4 is 28.9 Å². The summed E-state index contributed by atoms with van der Waals surface area (Å²) in [5, 5.41) is 3.22. The van der Waals surface area contributed by atoms with Crippen LogP contribution in [0, 0.1) is 0 Å². The van der Waals surface area contributed by atoms with Gasteiger partial charge in [-0.2, -0.15) is 0 Å². The molecule has 0 aromatic heterocycles. The number of hydrogen-bond donors (Lipinski definition) is 2. The van der Waals surface area contributed by atoms with Gasteiger partial charge in [-0.05, 0) is 37.5 Å². The molecule has 21 heavy (non-hydrogen) atoms. The van der Waals surface area contributed by atoms with Crippen LogP contribution in [0.2, 0.25) is 5.02 Å². The van der Waals surface area contributed by atoms with Gasteiger partial charge in [0.05, 0.1) is 16.8 Å². The summed E-state index contributed by atoms with van der Waals surface area (Å²) in [7, 11) is 0. The predicted octanol–water partition coefficient (Wildman–Crippen LogP) is 2.84. The lowest BCUT2D eigenvalue weighted by molar-refractivity contribution is -0.116. The van der Waals surface area contributed by atoms with Crippen molar-refractivity contribution in [2.24, 2.45) is 0 Å². The van der Waals surface area contributed by atoms with Crippen molar-refractivity contribution in [2.75, 3.05) is 30.9 Å². The third-order valence-electron chi connectivity index (χ3n) is 3.34. The Balaban J connectivity index is 1.65. The molecule has 1 fully saturated rings. The number of anilines is 2. The second-order valence-electron chi connectivity index (χ2n) is 5.07. The van der Waals surface area contributed by atoms with E-state index in [1.807, 2.05) is 0 Å². The number of amides is 1. The zero-order chi connectivity index (χ0) is 15.1. The fraction of sp³-hybridized carbons (Fsp3) is 0.533. The van der Waals surface area contributed by atoms with Gasteiger partial charge in [0, 0.05) is 31.9 Å². The Hall–Kier alpha value is -1.30. The van der Waals surface area contributed by atoms with Crippen molar-refractivity contribution in [2.45, 2.75) is 31.8 Å². The number of nitrogens with one attached hydrogen (secondary N) is 1. The highest BCUT2D eigenvalue weighted by molar-refractivity contribution is 6.34. The molecule has 1 aromatic rings. The van der Waals surface area contributed by atoms with Gasteiger partial charge in [-0.25, -0.2) is 0 Å². The molecule has 0 spiro atoms. The Labute approximate surface area is 129 Å². The Bertz CT molecular complexity index is 476. The normalized spacial score (nSPS) is 15.9. The van der Waals surface area contributed by atoms with Crippen LogP contribution in [-0.2, 0) is 14.3 Å². The third-order valence-corrected chi connectivity index (χ3v) is 3.65. The largest absolute Gasteiger partial charge is 0.399 e. The molecule has 0 saturated carbocycles. The molecule has 2 rings (SSSR count). The lowest BCUT2D eigenvalue weighted by Crippen LogP contribution is -2.24. The molecule has 0 bridgehead atoms. The zero-order valence-corrected chi connectivity index (χ0v) is 12.7. The molecule has 1 saturated heterocycles. The van der Waals surface area contributed by atoms with Crippen LogP contribution >= 0.6 is 11.6 Å². The Morgan fingerprint density at radius 1 is 1.43 bits per heavy atom. The smallest absolute Gasteiger partial charge is 0.224 e. The number of carbonyl (C=O) groups is 1. The fourth-order valence-electron chi connectivity index (χ4n) is 2.17. The van der Waals surface area contributed by atoms with E-state index in [9.17, 15) is 4.79 Å². The van der Waals surface area contributed by atoms with Crippen LogP contribution < -0.4 is 11.1 Å². The second-order valence-corrected chi connectivity index (χ2v) is 5.48. The number of halogens is 1. The lowest BCUT2D eigenvalue weighted by atomic mass is 10.1. The summed E-state index contributed by atoms with van der Waals surface area (Å²) in [6, 6.07) is 5.02. The monoisotopic (exact) mass is 312 g/mol. The molecule has 0 unspecified atom stereocenters. The fourth-order valence-corrected chi connectivity index (χ4v) is 2.41. The molecule has 1 aliphatic heterocycles. The summed E-state index contributed by atoms with van der Waals surface area (Å²) in [4.78, 5) is 11.8. The van der Waals surface area contributed by atoms with Gasteiger partial charge in [0.1, 0.15) is 0 Å². The zero-order valence-electron chi connectivity index (χ0n) is 11.9. The molecule has 0 radical (unpaired) electrons. The average Bonchev–Trinajstić information content (AvgIpc) is 2.48. The van der Waals surface area contributed by atoms with Crippen LogP contribution in [0.1, 0.15) is 25.7 Å². The topological polar surface area (TPSA) is 73.6 Å². The summed E-state index contributed by atoms with van der Waals surface area (Å²) in [5.41, 5.74) is 6.76. The highest BCUT2D eigenvalue weighted by Crippen LogP contribution is 2.24. The SMILES string of the molecule is Nc1ccc(NC(=O)CCCOC2CCOCC2)c(Cl)c1. The van der Waals surface area contributed by atoms with E-state index in [1.54, 1.807) is 18.2 Å². The van der Waals surface area contributed by atoms with Crippen LogP contribution in [0.4, 0.5) is 11.4 Å². The molecule has 116 valence electrons. The van der Waals surface area contributed by atoms with Gasteiger partial charge >= 0.3 is 0 Å². The van der Waals surface area contributed by atoms with Gasteiger partial charge in [0.2, 0.25) is 5.91 Å². The molecule has 1 heterocycles. The van der Waals surface area contributed by atoms with Crippen molar-refractivity contribution in [3.05, 3.63) is 23.2 Å². The first kappa shape index (κ1) is 16.1. The van der Waals surface area contributed by atoms with E-state index in [0.29, 0.717) is 35.8 Å². The number of hydrogen-bond acceptors (Lipinski definition) is 4. The maximum Gasteiger partial charge on any atom is 0.224 e. The summed E-state index contributed by atoms with van der Waals surface area (Å²) < 4.78 is 11.0. The minimum Gasteiger partial charge on any atom is -0.399 e. The van der Waals surface area contributed by atoms with Gasteiger partial charge < -0.3 is 20.5 Å². The average molecular weight is 313 g/mol. The first-order chi connectivity index (χ1) is 10.1. The summed E-state index contributed by atoms with van der Waals surface area (Å²) >= 11 is 6.01. The molecule has 0 atom stereocenters. The van der Waals surface area contributed by atoms with E-state index in [2.05, 4.69) is 5.32 Å². The first-order valence-electron chi connectivity index (χ1n) is 7.19. The van der Waals surface area contributed by atoms with Gasteiger partial charge in [-0.15, -0.1) is 0 Å². The Kier molecular flexibility index (Phi) is 6.29. The second kappa shape index (κ2) is 8.22. The molecule has 1 aromatic carbocycles. The van der Waals surface area contributed by atoms with Gasteiger partial charge in [0.15, 0.2) is 0 Å². The number of ether oxygens (including phenoxy) is 2. The minimum atomic E-state index is -0.0720. The van der Waals surface area contributed by atoms with E-state index in [-0.39, 0.29) is 12.0 Å². The van der Waals surface area contributed by atoms with E-state index >= 15 is 0 Å². The summed E-state index contributed by atoms with van der Waals surface area (Å²) in [5.74, 6) is -0.0720. The van der Waals surface area contributed by atoms with Crippen LogP contribution in [0.3, 0.4) is 0 Å². The summed E-state index contributed by atoms with van der Waals surface area (Å²) in [6.07, 6.45) is 3.24. The lowest BCUT2D eigenvalue weighted by Gasteiger charge is -2.22. The highest BCUT2D eigenvalue weighted by Gasteiger charge is 2.14. The number of nitrogens with two attached hydrogens (primary N) is 1. The van der Waals surface area contributed by atoms with E-state index in [4.69, 9.17) is 26.8 Å². The van der Waals surface area contributed by atoms with E-state index in [0.717, 1.165) is 26.1 Å². The van der Waals surface area contributed by atoms with Crippen molar-refractivity contribution in [3.8, 4) is 0 Å². The van der Waals surface area contributed by atoms with Crippen LogP contribution in [0.25, 0.3) is 0 Å². The number of rotatable bonds is 6. The van der Waals surface area contributed by atoms with Crippen LogP contribution in [0.15, 0.2) is 18.2 Å².